The van der Waals surface area contributed by atoms with Crippen LogP contribution in [0.5, 0.6) is 0 Å². The number of hydrogen-bond donors (Lipinski definition) is 0. The van der Waals surface area contributed by atoms with Gasteiger partial charge < -0.3 is 13.3 Å². The molecule has 0 saturated heterocycles. The van der Waals surface area contributed by atoms with Crippen LogP contribution in [0.4, 0.5) is 13.2 Å². The fourth-order valence-corrected chi connectivity index (χ4v) is 7.10. The van der Waals surface area contributed by atoms with Crippen LogP contribution < -0.4 is 5.19 Å². The molecule has 0 heterocycles. The van der Waals surface area contributed by atoms with Crippen molar-refractivity contribution in [2.45, 2.75) is 31.8 Å². The highest BCUT2D eigenvalue weighted by Gasteiger charge is 2.51. The normalized spacial score (nSPS) is 13.3. The molecule has 0 aliphatic carbocycles. The van der Waals surface area contributed by atoms with Gasteiger partial charge in [0.2, 0.25) is 8.32 Å². The summed E-state index contributed by atoms with van der Waals surface area (Å²) in [6.45, 7) is 3.03. The van der Waals surface area contributed by atoms with Gasteiger partial charge in [-0.25, -0.2) is 0 Å². The first-order chi connectivity index (χ1) is 10.5. The van der Waals surface area contributed by atoms with Gasteiger partial charge in [0.1, 0.15) is 0 Å². The van der Waals surface area contributed by atoms with Crippen molar-refractivity contribution in [1.82, 2.24) is 0 Å². The molecular formula is C13H19F3O5SSi. The highest BCUT2D eigenvalue weighted by Crippen LogP contribution is 2.28. The van der Waals surface area contributed by atoms with E-state index in [1.165, 1.54) is 27.3 Å². The Morgan fingerprint density at radius 1 is 1.04 bits per heavy atom. The van der Waals surface area contributed by atoms with Gasteiger partial charge in [0.25, 0.3) is 0 Å². The molecule has 0 unspecified atom stereocenters. The molecular weight excluding hydrogens is 353 g/mol. The molecule has 0 aromatic heterocycles. The lowest BCUT2D eigenvalue weighted by atomic mass is 10.1. The van der Waals surface area contributed by atoms with E-state index < -0.39 is 23.9 Å². The van der Waals surface area contributed by atoms with Crippen LogP contribution in [-0.2, 0) is 36.7 Å². The highest BCUT2D eigenvalue weighted by atomic mass is 32.2. The summed E-state index contributed by atoms with van der Waals surface area (Å²) in [7, 11) is -6.26. The molecule has 0 N–H and O–H groups in total. The van der Waals surface area contributed by atoms with Crippen LogP contribution >= 0.6 is 0 Å². The van der Waals surface area contributed by atoms with Gasteiger partial charge in [0.05, 0.1) is 13.2 Å². The van der Waals surface area contributed by atoms with E-state index in [0.29, 0.717) is 16.3 Å². The second-order valence-electron chi connectivity index (χ2n) is 5.31. The molecule has 0 aliphatic rings. The number of benzene rings is 1. The summed E-state index contributed by atoms with van der Waals surface area (Å²) < 4.78 is 75.4. The highest BCUT2D eigenvalue weighted by molar-refractivity contribution is 7.88. The summed E-state index contributed by atoms with van der Waals surface area (Å²) in [6, 6.07) is 5.03. The lowest BCUT2D eigenvalue weighted by molar-refractivity contribution is -0.0502. The minimum absolute atomic E-state index is 0.124. The standard InChI is InChI=1S/C13H19F3O5SSi/c1-19-8-10-6-5-7-11(9-20-2)12(10)23(3,4)21-22(17,18)13(14,15)16/h5-7H,8-9H2,1-4H3. The Labute approximate surface area is 134 Å². The maximum Gasteiger partial charge on any atom is 0.522 e. The molecule has 0 bridgehead atoms. The zero-order valence-corrected chi connectivity index (χ0v) is 15.0. The van der Waals surface area contributed by atoms with Crippen LogP contribution in [0.3, 0.4) is 0 Å². The molecule has 0 spiro atoms. The molecule has 10 heteroatoms. The molecule has 0 saturated carbocycles. The molecule has 0 amide bonds. The zero-order chi connectivity index (χ0) is 17.9. The third kappa shape index (κ3) is 4.77. The van der Waals surface area contributed by atoms with Crippen molar-refractivity contribution in [3.63, 3.8) is 0 Å². The van der Waals surface area contributed by atoms with E-state index in [4.69, 9.17) is 9.47 Å². The Bertz CT molecular complexity index is 619. The first kappa shape index (κ1) is 20.1. The van der Waals surface area contributed by atoms with E-state index >= 15 is 0 Å². The van der Waals surface area contributed by atoms with Gasteiger partial charge in [-0.15, -0.1) is 0 Å². The Kier molecular flexibility index (Phi) is 6.38. The second-order valence-corrected chi connectivity index (χ2v) is 10.9. The molecule has 132 valence electrons. The van der Waals surface area contributed by atoms with Gasteiger partial charge in [-0.1, -0.05) is 18.2 Å². The van der Waals surface area contributed by atoms with Gasteiger partial charge in [0, 0.05) is 14.2 Å². The van der Waals surface area contributed by atoms with Crippen LogP contribution in [0.15, 0.2) is 18.2 Å². The van der Waals surface area contributed by atoms with E-state index in [9.17, 15) is 21.6 Å². The fraction of sp³-hybridized carbons (Fsp3) is 0.538. The number of halogens is 3. The van der Waals surface area contributed by atoms with Gasteiger partial charge in [0.15, 0.2) is 0 Å². The van der Waals surface area contributed by atoms with Gasteiger partial charge in [-0.2, -0.15) is 21.6 Å². The molecule has 1 rings (SSSR count). The Morgan fingerprint density at radius 2 is 1.48 bits per heavy atom. The van der Waals surface area contributed by atoms with Crippen LogP contribution in [0.2, 0.25) is 13.1 Å². The van der Waals surface area contributed by atoms with Gasteiger partial charge >= 0.3 is 15.6 Å². The third-order valence-corrected chi connectivity index (χ3v) is 8.00. The summed E-state index contributed by atoms with van der Waals surface area (Å²) in [5.41, 5.74) is -4.30. The minimum atomic E-state index is -5.69. The van der Waals surface area contributed by atoms with Crippen molar-refractivity contribution >= 4 is 23.6 Å². The summed E-state index contributed by atoms with van der Waals surface area (Å²) in [5.74, 6) is 0. The number of methoxy groups -OCH3 is 2. The van der Waals surface area contributed by atoms with E-state index in [0.717, 1.165) is 0 Å². The SMILES string of the molecule is COCc1cccc(COC)c1[Si](C)(C)OS(=O)(=O)C(F)(F)F. The molecule has 1 aromatic rings. The number of hydrogen-bond acceptors (Lipinski definition) is 5. The summed E-state index contributed by atoms with van der Waals surface area (Å²) in [4.78, 5) is 0. The zero-order valence-electron chi connectivity index (χ0n) is 13.2. The maximum atomic E-state index is 12.6. The van der Waals surface area contributed by atoms with Crippen LogP contribution in [0, 0.1) is 0 Å². The summed E-state index contributed by atoms with van der Waals surface area (Å²) in [6.07, 6.45) is 0. The molecule has 0 atom stereocenters. The average molecular weight is 372 g/mol. The Balaban J connectivity index is 3.41. The molecule has 1 aromatic carbocycles. The van der Waals surface area contributed by atoms with Crippen LogP contribution in [0.25, 0.3) is 0 Å². The topological polar surface area (TPSA) is 61.8 Å². The van der Waals surface area contributed by atoms with E-state index in [1.807, 2.05) is 0 Å². The first-order valence-corrected chi connectivity index (χ1v) is 10.9. The number of rotatable bonds is 7. The number of ether oxygens (including phenoxy) is 2. The van der Waals surface area contributed by atoms with E-state index in [1.54, 1.807) is 18.2 Å². The lowest BCUT2D eigenvalue weighted by Crippen LogP contribution is -2.51. The molecule has 0 fully saturated rings. The molecule has 23 heavy (non-hydrogen) atoms. The Hall–Kier alpha value is -0.943. The van der Waals surface area contributed by atoms with Crippen LogP contribution in [-0.4, -0.2) is 36.5 Å². The minimum Gasteiger partial charge on any atom is -0.380 e. The lowest BCUT2D eigenvalue weighted by Gasteiger charge is -2.28. The van der Waals surface area contributed by atoms with E-state index in [-0.39, 0.29) is 13.2 Å². The van der Waals surface area contributed by atoms with Crippen molar-refractivity contribution in [3.8, 4) is 0 Å². The third-order valence-electron chi connectivity index (χ3n) is 3.04. The second kappa shape index (κ2) is 7.30. The number of alkyl halides is 3. The van der Waals surface area contributed by atoms with Gasteiger partial charge in [-0.3, -0.25) is 0 Å². The molecule has 0 aliphatic heterocycles. The average Bonchev–Trinajstić information content (AvgIpc) is 2.36. The van der Waals surface area contributed by atoms with Crippen molar-refractivity contribution in [2.24, 2.45) is 0 Å². The molecule has 5 nitrogen and oxygen atoms in total. The monoisotopic (exact) mass is 372 g/mol. The van der Waals surface area contributed by atoms with E-state index in [2.05, 4.69) is 3.87 Å². The largest absolute Gasteiger partial charge is 0.522 e. The van der Waals surface area contributed by atoms with Crippen molar-refractivity contribution in [2.75, 3.05) is 14.2 Å². The quantitative estimate of drug-likeness (QED) is 0.543. The van der Waals surface area contributed by atoms with Gasteiger partial charge in [-0.05, 0) is 29.4 Å². The summed E-state index contributed by atoms with van der Waals surface area (Å²) in [5, 5.41) is 0.427. The first-order valence-electron chi connectivity index (χ1n) is 6.57. The predicted octanol–water partition coefficient (Wildman–Crippen LogP) is 2.26. The van der Waals surface area contributed by atoms with Crippen molar-refractivity contribution < 1.29 is 34.9 Å². The predicted molar refractivity (Wildman–Crippen MR) is 81.0 cm³/mol. The maximum absolute atomic E-state index is 12.6. The smallest absolute Gasteiger partial charge is 0.380 e. The van der Waals surface area contributed by atoms with Crippen LogP contribution in [0.1, 0.15) is 11.1 Å². The van der Waals surface area contributed by atoms with Crippen molar-refractivity contribution in [3.05, 3.63) is 29.3 Å². The Morgan fingerprint density at radius 3 is 1.83 bits per heavy atom. The fourth-order valence-electron chi connectivity index (χ4n) is 2.34. The molecule has 0 radical (unpaired) electrons. The summed E-state index contributed by atoms with van der Waals surface area (Å²) >= 11 is 0. The van der Waals surface area contributed by atoms with Crippen molar-refractivity contribution in [1.29, 1.82) is 0 Å².